The van der Waals surface area contributed by atoms with Crippen LogP contribution in [0.3, 0.4) is 0 Å². The zero-order chi connectivity index (χ0) is 15.9. The van der Waals surface area contributed by atoms with E-state index in [9.17, 15) is 0 Å². The predicted octanol–water partition coefficient (Wildman–Crippen LogP) is 4.49. The van der Waals surface area contributed by atoms with Crippen LogP contribution in [0.25, 0.3) is 11.3 Å². The average molecular weight is 308 g/mol. The van der Waals surface area contributed by atoms with E-state index in [1.807, 2.05) is 30.3 Å². The Bertz CT molecular complexity index is 633. The fourth-order valence-electron chi connectivity index (χ4n) is 2.97. The molecule has 1 aromatic heterocycles. The quantitative estimate of drug-likeness (QED) is 0.772. The van der Waals surface area contributed by atoms with Gasteiger partial charge in [0.25, 0.3) is 0 Å². The van der Waals surface area contributed by atoms with E-state index in [0.29, 0.717) is 18.5 Å². The Labute approximate surface area is 138 Å². The number of nitrogens with zero attached hydrogens (tertiary/aromatic N) is 2. The lowest BCUT2D eigenvalue weighted by molar-refractivity contribution is 0.461. The number of hydrogen-bond donors (Lipinski definition) is 2. The van der Waals surface area contributed by atoms with Gasteiger partial charge >= 0.3 is 0 Å². The summed E-state index contributed by atoms with van der Waals surface area (Å²) in [6.45, 7) is 4.44. The van der Waals surface area contributed by atoms with E-state index in [1.165, 1.54) is 32.1 Å². The van der Waals surface area contributed by atoms with Crippen LogP contribution in [0.1, 0.15) is 32.1 Å². The Morgan fingerprint density at radius 3 is 2.61 bits per heavy atom. The van der Waals surface area contributed by atoms with Gasteiger partial charge in [-0.05, 0) is 12.8 Å². The number of anilines is 2. The van der Waals surface area contributed by atoms with Crippen LogP contribution in [-0.4, -0.2) is 22.6 Å². The summed E-state index contributed by atoms with van der Waals surface area (Å²) in [4.78, 5) is 9.33. The van der Waals surface area contributed by atoms with Crippen molar-refractivity contribution in [3.8, 4) is 11.3 Å². The van der Waals surface area contributed by atoms with Crippen LogP contribution in [0.15, 0.2) is 49.1 Å². The summed E-state index contributed by atoms with van der Waals surface area (Å²) >= 11 is 0. The molecule has 0 aliphatic heterocycles. The van der Waals surface area contributed by atoms with Crippen LogP contribution in [0.5, 0.6) is 0 Å². The maximum absolute atomic E-state index is 4.72. The third-order valence-corrected chi connectivity index (χ3v) is 4.16. The van der Waals surface area contributed by atoms with E-state index in [0.717, 1.165) is 17.1 Å². The highest BCUT2D eigenvalue weighted by molar-refractivity contribution is 5.64. The van der Waals surface area contributed by atoms with Gasteiger partial charge in [-0.2, -0.15) is 4.98 Å². The van der Waals surface area contributed by atoms with Crippen LogP contribution in [0.4, 0.5) is 11.8 Å². The summed E-state index contributed by atoms with van der Waals surface area (Å²) in [7, 11) is 0. The van der Waals surface area contributed by atoms with Gasteiger partial charge in [0.1, 0.15) is 5.82 Å². The molecule has 0 unspecified atom stereocenters. The van der Waals surface area contributed by atoms with Gasteiger partial charge in [0.15, 0.2) is 0 Å². The fraction of sp³-hybridized carbons (Fsp3) is 0.368. The molecule has 0 amide bonds. The molecular weight excluding hydrogens is 284 g/mol. The molecule has 1 fully saturated rings. The topological polar surface area (TPSA) is 49.8 Å². The Morgan fingerprint density at radius 2 is 1.87 bits per heavy atom. The van der Waals surface area contributed by atoms with Gasteiger partial charge in [-0.15, -0.1) is 6.58 Å². The molecule has 4 nitrogen and oxygen atoms in total. The second kappa shape index (κ2) is 7.77. The molecule has 120 valence electrons. The summed E-state index contributed by atoms with van der Waals surface area (Å²) in [5, 5.41) is 6.79. The molecule has 3 rings (SSSR count). The van der Waals surface area contributed by atoms with Crippen LogP contribution < -0.4 is 10.6 Å². The molecule has 1 saturated carbocycles. The Morgan fingerprint density at radius 1 is 1.09 bits per heavy atom. The van der Waals surface area contributed by atoms with E-state index in [-0.39, 0.29) is 0 Å². The maximum Gasteiger partial charge on any atom is 0.225 e. The van der Waals surface area contributed by atoms with Crippen molar-refractivity contribution in [1.29, 1.82) is 0 Å². The normalized spacial score (nSPS) is 15.1. The minimum Gasteiger partial charge on any atom is -0.366 e. The molecule has 0 bridgehead atoms. The van der Waals surface area contributed by atoms with E-state index in [2.05, 4.69) is 34.3 Å². The van der Waals surface area contributed by atoms with Gasteiger partial charge in [-0.25, -0.2) is 4.98 Å². The molecule has 23 heavy (non-hydrogen) atoms. The molecular formula is C19H24N4. The molecule has 1 aliphatic carbocycles. The first-order valence-electron chi connectivity index (χ1n) is 8.41. The van der Waals surface area contributed by atoms with Crippen molar-refractivity contribution in [3.63, 3.8) is 0 Å². The lowest BCUT2D eigenvalue weighted by Crippen LogP contribution is -2.23. The molecule has 0 saturated heterocycles. The Balaban J connectivity index is 1.86. The van der Waals surface area contributed by atoms with Gasteiger partial charge in [-0.3, -0.25) is 0 Å². The fourth-order valence-corrected chi connectivity index (χ4v) is 2.97. The van der Waals surface area contributed by atoms with Crippen molar-refractivity contribution in [2.24, 2.45) is 0 Å². The van der Waals surface area contributed by atoms with Crippen molar-refractivity contribution in [3.05, 3.63) is 49.1 Å². The van der Waals surface area contributed by atoms with Crippen molar-refractivity contribution in [2.45, 2.75) is 38.1 Å². The van der Waals surface area contributed by atoms with Crippen LogP contribution >= 0.6 is 0 Å². The molecule has 2 aromatic rings. The standard InChI is InChI=1S/C19H24N4/c1-2-13-20-18-14-17(15-9-5-3-6-10-15)22-19(23-18)21-16-11-7-4-8-12-16/h2-3,5-6,9-10,14,16H,1,4,7-8,11-13H2,(H2,20,21,22,23). The second-order valence-electron chi connectivity index (χ2n) is 5.98. The zero-order valence-electron chi connectivity index (χ0n) is 13.5. The summed E-state index contributed by atoms with van der Waals surface area (Å²) in [5.41, 5.74) is 2.04. The SMILES string of the molecule is C=CCNc1cc(-c2ccccc2)nc(NC2CCCCC2)n1. The smallest absolute Gasteiger partial charge is 0.225 e. The number of benzene rings is 1. The van der Waals surface area contributed by atoms with Gasteiger partial charge in [0.2, 0.25) is 5.95 Å². The zero-order valence-corrected chi connectivity index (χ0v) is 13.5. The highest BCUT2D eigenvalue weighted by Gasteiger charge is 2.15. The lowest BCUT2D eigenvalue weighted by Gasteiger charge is -2.23. The van der Waals surface area contributed by atoms with E-state index in [4.69, 9.17) is 4.98 Å². The van der Waals surface area contributed by atoms with E-state index < -0.39 is 0 Å². The van der Waals surface area contributed by atoms with Crippen LogP contribution in [0, 0.1) is 0 Å². The number of rotatable bonds is 6. The predicted molar refractivity (Wildman–Crippen MR) is 96.7 cm³/mol. The summed E-state index contributed by atoms with van der Waals surface area (Å²) < 4.78 is 0. The molecule has 1 aromatic carbocycles. The van der Waals surface area contributed by atoms with Gasteiger partial charge in [0, 0.05) is 24.2 Å². The van der Waals surface area contributed by atoms with Crippen LogP contribution in [-0.2, 0) is 0 Å². The van der Waals surface area contributed by atoms with Gasteiger partial charge in [0.05, 0.1) is 5.69 Å². The largest absolute Gasteiger partial charge is 0.366 e. The van der Waals surface area contributed by atoms with Crippen molar-refractivity contribution in [1.82, 2.24) is 9.97 Å². The molecule has 1 aliphatic rings. The molecule has 0 atom stereocenters. The van der Waals surface area contributed by atoms with Crippen molar-refractivity contribution < 1.29 is 0 Å². The average Bonchev–Trinajstić information content (AvgIpc) is 2.61. The minimum atomic E-state index is 0.488. The van der Waals surface area contributed by atoms with E-state index >= 15 is 0 Å². The lowest BCUT2D eigenvalue weighted by atomic mass is 9.96. The Hall–Kier alpha value is -2.36. The number of nitrogens with one attached hydrogen (secondary N) is 2. The van der Waals surface area contributed by atoms with Crippen molar-refractivity contribution in [2.75, 3.05) is 17.2 Å². The summed E-state index contributed by atoms with van der Waals surface area (Å²) in [6, 6.07) is 12.7. The first kappa shape index (κ1) is 15.5. The molecule has 2 N–H and O–H groups in total. The third kappa shape index (κ3) is 4.31. The van der Waals surface area contributed by atoms with Crippen LogP contribution in [0.2, 0.25) is 0 Å². The molecule has 0 spiro atoms. The highest BCUT2D eigenvalue weighted by Crippen LogP contribution is 2.24. The maximum atomic E-state index is 4.72. The van der Waals surface area contributed by atoms with Gasteiger partial charge in [-0.1, -0.05) is 55.7 Å². The minimum absolute atomic E-state index is 0.488. The first-order valence-corrected chi connectivity index (χ1v) is 8.41. The number of hydrogen-bond acceptors (Lipinski definition) is 4. The molecule has 1 heterocycles. The van der Waals surface area contributed by atoms with Gasteiger partial charge < -0.3 is 10.6 Å². The van der Waals surface area contributed by atoms with E-state index in [1.54, 1.807) is 0 Å². The molecule has 4 heteroatoms. The molecule has 0 radical (unpaired) electrons. The highest BCUT2D eigenvalue weighted by atomic mass is 15.2. The first-order chi connectivity index (χ1) is 11.3. The number of aromatic nitrogens is 2. The third-order valence-electron chi connectivity index (χ3n) is 4.16. The second-order valence-corrected chi connectivity index (χ2v) is 5.98. The monoisotopic (exact) mass is 308 g/mol. The van der Waals surface area contributed by atoms with Crippen molar-refractivity contribution >= 4 is 11.8 Å². The summed E-state index contributed by atoms with van der Waals surface area (Å²) in [5.74, 6) is 1.54. The Kier molecular flexibility index (Phi) is 5.25. The summed E-state index contributed by atoms with van der Waals surface area (Å²) in [6.07, 6.45) is 8.16.